The Labute approximate surface area is 163 Å². The number of hydrogen-bond donors (Lipinski definition) is 1. The molecule has 0 aromatic rings. The first-order valence-corrected chi connectivity index (χ1v) is 11.0. The van der Waals surface area contributed by atoms with E-state index in [4.69, 9.17) is 0 Å². The lowest BCUT2D eigenvalue weighted by Crippen LogP contribution is -2.15. The van der Waals surface area contributed by atoms with E-state index in [1.165, 1.54) is 0 Å². The Balaban J connectivity index is 4.24. The van der Waals surface area contributed by atoms with Crippen LogP contribution >= 0.6 is 21.6 Å². The molecule has 1 nitrogen and oxygen atoms in total. The van der Waals surface area contributed by atoms with Crippen molar-refractivity contribution in [3.05, 3.63) is 85.1 Å². The minimum absolute atomic E-state index is 0.757. The summed E-state index contributed by atoms with van der Waals surface area (Å²) in [7, 11) is 3.83. The summed E-state index contributed by atoms with van der Waals surface area (Å²) in [5.74, 6) is 2.24. The summed E-state index contributed by atoms with van der Waals surface area (Å²) in [5, 5.41) is 3.32. The van der Waals surface area contributed by atoms with Crippen molar-refractivity contribution in [2.24, 2.45) is 0 Å². The fourth-order valence-corrected chi connectivity index (χ4v) is 3.96. The quantitative estimate of drug-likeness (QED) is 0.195. The number of allylic oxidation sites excluding steroid dienone is 7. The largest absolute Gasteiger partial charge is 0.316 e. The molecule has 0 heterocycles. The Morgan fingerprint density at radius 1 is 0.760 bits per heavy atom. The highest BCUT2D eigenvalue weighted by Crippen LogP contribution is 2.32. The van der Waals surface area contributed by atoms with Crippen molar-refractivity contribution in [3.63, 3.8) is 0 Å². The summed E-state index contributed by atoms with van der Waals surface area (Å²) in [4.78, 5) is 0. The Kier molecular flexibility index (Phi) is 12.5. The molecule has 3 heteroatoms. The summed E-state index contributed by atoms with van der Waals surface area (Å²) >= 11 is 0. The predicted molar refractivity (Wildman–Crippen MR) is 122 cm³/mol. The molecule has 1 N–H and O–H groups in total. The Hall–Kier alpha value is -1.16. The molecular weight excluding hydrogens is 342 g/mol. The molecule has 0 aliphatic rings. The molecular formula is C22H33NS2. The fourth-order valence-electron chi connectivity index (χ4n) is 1.92. The van der Waals surface area contributed by atoms with Gasteiger partial charge in [-0.05, 0) is 59.7 Å². The summed E-state index contributed by atoms with van der Waals surface area (Å²) in [5.41, 5.74) is 5.85. The molecule has 0 rings (SSSR count). The van der Waals surface area contributed by atoms with Crippen LogP contribution in [0.5, 0.6) is 0 Å². The van der Waals surface area contributed by atoms with Crippen LogP contribution in [0.2, 0.25) is 0 Å². The van der Waals surface area contributed by atoms with Crippen LogP contribution < -0.4 is 5.32 Å². The van der Waals surface area contributed by atoms with Crippen LogP contribution in [0.15, 0.2) is 85.1 Å². The Morgan fingerprint density at radius 3 is 1.84 bits per heavy atom. The fraction of sp³-hybridized carbons (Fsp3) is 0.364. The molecule has 0 spiro atoms. The van der Waals surface area contributed by atoms with Crippen LogP contribution in [-0.2, 0) is 0 Å². The Bertz CT molecular complexity index is 567. The van der Waals surface area contributed by atoms with E-state index in [2.05, 4.69) is 58.3 Å². The van der Waals surface area contributed by atoms with E-state index >= 15 is 0 Å². The standard InChI is InChI=1S/C22H33NS2/c1-10-23-13-15-25-24-14-11-12-17(4)19(6)21(8)22(9)20(7)18(5)16(2)3/h23H,2,4-15H2,1,3H3. The molecule has 0 atom stereocenters. The molecule has 138 valence electrons. The lowest BCUT2D eigenvalue weighted by molar-refractivity contribution is 0.769. The van der Waals surface area contributed by atoms with Gasteiger partial charge >= 0.3 is 0 Å². The molecule has 0 aliphatic heterocycles. The predicted octanol–water partition coefficient (Wildman–Crippen LogP) is 6.67. The van der Waals surface area contributed by atoms with Gasteiger partial charge in [-0.15, -0.1) is 0 Å². The summed E-state index contributed by atoms with van der Waals surface area (Å²) < 4.78 is 0. The van der Waals surface area contributed by atoms with E-state index in [1.54, 1.807) is 0 Å². The topological polar surface area (TPSA) is 12.0 Å². The average Bonchev–Trinajstić information content (AvgIpc) is 2.60. The third-order valence-corrected chi connectivity index (χ3v) is 6.29. The van der Waals surface area contributed by atoms with Gasteiger partial charge in [-0.2, -0.15) is 0 Å². The van der Waals surface area contributed by atoms with Crippen molar-refractivity contribution in [2.45, 2.75) is 26.7 Å². The highest BCUT2D eigenvalue weighted by atomic mass is 33.1. The first-order chi connectivity index (χ1) is 11.7. The average molecular weight is 376 g/mol. The zero-order valence-corrected chi connectivity index (χ0v) is 17.6. The maximum absolute atomic E-state index is 4.16. The lowest BCUT2D eigenvalue weighted by atomic mass is 9.87. The second-order valence-electron chi connectivity index (χ2n) is 5.88. The van der Waals surface area contributed by atoms with Crippen LogP contribution in [0.4, 0.5) is 0 Å². The first-order valence-electron chi connectivity index (χ1n) is 8.49. The molecule has 0 aliphatic carbocycles. The second-order valence-corrected chi connectivity index (χ2v) is 8.58. The van der Waals surface area contributed by atoms with Gasteiger partial charge in [-0.25, -0.2) is 0 Å². The monoisotopic (exact) mass is 375 g/mol. The molecule has 0 amide bonds. The zero-order chi connectivity index (χ0) is 19.4. The molecule has 0 fully saturated rings. The second kappa shape index (κ2) is 13.1. The minimum Gasteiger partial charge on any atom is -0.316 e. The molecule has 0 bridgehead atoms. The normalized spacial score (nSPS) is 10.2. The van der Waals surface area contributed by atoms with Crippen LogP contribution in [0.3, 0.4) is 0 Å². The van der Waals surface area contributed by atoms with Crippen molar-refractivity contribution < 1.29 is 0 Å². The summed E-state index contributed by atoms with van der Waals surface area (Å²) in [6.07, 6.45) is 2.00. The van der Waals surface area contributed by atoms with Gasteiger partial charge in [0.1, 0.15) is 0 Å². The van der Waals surface area contributed by atoms with Crippen LogP contribution in [0, 0.1) is 0 Å². The van der Waals surface area contributed by atoms with Gasteiger partial charge in [0.25, 0.3) is 0 Å². The zero-order valence-electron chi connectivity index (χ0n) is 16.0. The lowest BCUT2D eigenvalue weighted by Gasteiger charge is -2.18. The number of nitrogens with one attached hydrogen (secondary N) is 1. The van der Waals surface area contributed by atoms with E-state index in [9.17, 15) is 0 Å². The molecule has 0 radical (unpaired) electrons. The highest BCUT2D eigenvalue weighted by molar-refractivity contribution is 8.76. The minimum atomic E-state index is 0.757. The molecule has 25 heavy (non-hydrogen) atoms. The van der Waals surface area contributed by atoms with E-state index in [0.717, 1.165) is 76.4 Å². The van der Waals surface area contributed by atoms with Crippen molar-refractivity contribution >= 4 is 21.6 Å². The van der Waals surface area contributed by atoms with E-state index < -0.39 is 0 Å². The van der Waals surface area contributed by atoms with Gasteiger partial charge in [-0.3, -0.25) is 0 Å². The summed E-state index contributed by atoms with van der Waals surface area (Å²) in [6, 6.07) is 0. The third kappa shape index (κ3) is 9.20. The Morgan fingerprint density at radius 2 is 1.28 bits per heavy atom. The van der Waals surface area contributed by atoms with Gasteiger partial charge in [0.05, 0.1) is 0 Å². The van der Waals surface area contributed by atoms with Crippen molar-refractivity contribution in [1.29, 1.82) is 0 Å². The molecule has 0 saturated heterocycles. The van der Waals surface area contributed by atoms with Gasteiger partial charge in [0.2, 0.25) is 0 Å². The maximum atomic E-state index is 4.16. The number of hydrogen-bond acceptors (Lipinski definition) is 3. The molecule has 0 saturated carbocycles. The van der Waals surface area contributed by atoms with Crippen molar-refractivity contribution in [2.75, 3.05) is 24.6 Å². The van der Waals surface area contributed by atoms with Crippen molar-refractivity contribution in [1.82, 2.24) is 5.32 Å². The van der Waals surface area contributed by atoms with Crippen LogP contribution in [0.1, 0.15) is 26.7 Å². The highest BCUT2D eigenvalue weighted by Gasteiger charge is 2.13. The molecule has 0 aromatic carbocycles. The number of rotatable bonds is 15. The molecule has 0 unspecified atom stereocenters. The van der Waals surface area contributed by atoms with E-state index in [1.807, 2.05) is 28.5 Å². The smallest absolute Gasteiger partial charge is 0.0162 e. The van der Waals surface area contributed by atoms with Crippen LogP contribution in [0.25, 0.3) is 0 Å². The van der Waals surface area contributed by atoms with Gasteiger partial charge in [0, 0.05) is 18.1 Å². The van der Waals surface area contributed by atoms with Gasteiger partial charge in [-0.1, -0.05) is 80.1 Å². The SMILES string of the molecule is C=C(C)C(=C)C(=C)C(=C)C(=C)C(=C)C(=C)CCCSSCCNCC. The van der Waals surface area contributed by atoms with E-state index in [-0.39, 0.29) is 0 Å². The van der Waals surface area contributed by atoms with Crippen molar-refractivity contribution in [3.8, 4) is 0 Å². The third-order valence-electron chi connectivity index (χ3n) is 3.80. The van der Waals surface area contributed by atoms with Crippen LogP contribution in [-0.4, -0.2) is 24.6 Å². The molecule has 0 aromatic heterocycles. The summed E-state index contributed by atoms with van der Waals surface area (Å²) in [6.45, 7) is 34.6. The van der Waals surface area contributed by atoms with E-state index in [0.29, 0.717) is 0 Å². The van der Waals surface area contributed by atoms with Gasteiger partial charge < -0.3 is 5.32 Å². The first kappa shape index (κ1) is 23.8. The van der Waals surface area contributed by atoms with Gasteiger partial charge in [0.15, 0.2) is 0 Å². The maximum Gasteiger partial charge on any atom is 0.0162 e.